The third-order valence-corrected chi connectivity index (χ3v) is 3.04. The molecule has 0 amide bonds. The van der Waals surface area contributed by atoms with Gasteiger partial charge in [0.1, 0.15) is 0 Å². The van der Waals surface area contributed by atoms with Crippen LogP contribution in [0.1, 0.15) is 0 Å². The van der Waals surface area contributed by atoms with E-state index in [0.29, 0.717) is 10.8 Å². The molecule has 0 bridgehead atoms. The summed E-state index contributed by atoms with van der Waals surface area (Å²) >= 11 is 0. The van der Waals surface area contributed by atoms with Crippen molar-refractivity contribution in [2.24, 2.45) is 0 Å². The second-order valence-corrected chi connectivity index (χ2v) is 3.90. The zero-order chi connectivity index (χ0) is 7.68. The van der Waals surface area contributed by atoms with Crippen LogP contribution in [0.4, 0.5) is 0 Å². The van der Waals surface area contributed by atoms with Crippen molar-refractivity contribution in [1.82, 2.24) is 4.98 Å². The molecule has 2 aromatic rings. The van der Waals surface area contributed by atoms with Crippen molar-refractivity contribution in [1.29, 1.82) is 0 Å². The van der Waals surface area contributed by atoms with Gasteiger partial charge in [-0.1, -0.05) is 10.3 Å². The molecule has 56 valence electrons. The Balaban J connectivity index is 2.53. The Morgan fingerprint density at radius 3 is 2.91 bits per heavy atom. The van der Waals surface area contributed by atoms with Gasteiger partial charge in [-0.05, 0) is 22.5 Å². The Morgan fingerprint density at radius 1 is 1.45 bits per heavy atom. The molecule has 0 N–H and O–H groups in total. The van der Waals surface area contributed by atoms with Gasteiger partial charge >= 0.3 is 4.87 Å². The van der Waals surface area contributed by atoms with Crippen LogP contribution in [0.5, 0.6) is 0 Å². The summed E-state index contributed by atoms with van der Waals surface area (Å²) in [5.41, 5.74) is 0. The van der Waals surface area contributed by atoms with E-state index in [-0.39, 0.29) is 4.87 Å². The number of hydrogen-bond donors (Lipinski definition) is 0. The first kappa shape index (κ1) is 6.75. The monoisotopic (exact) mass is 185 g/mol. The smallest absolute Gasteiger partial charge is 0.337 e. The molecule has 0 saturated carbocycles. The number of rotatable bonds is 1. The summed E-state index contributed by atoms with van der Waals surface area (Å²) in [7, 11) is 2.45. The van der Waals surface area contributed by atoms with E-state index in [1.807, 2.05) is 0 Å². The summed E-state index contributed by atoms with van der Waals surface area (Å²) in [4.78, 5) is 14.2. The van der Waals surface area contributed by atoms with Gasteiger partial charge in [0.2, 0.25) is 0 Å². The summed E-state index contributed by atoms with van der Waals surface area (Å²) in [6.45, 7) is 0. The standard InChI is InChI=1S/C6H3NO2S2/c8-6-7-5(10-11-6)4-2-1-3-9-4/h1-3H. The molecule has 0 radical (unpaired) electrons. The molecule has 0 aliphatic rings. The van der Waals surface area contributed by atoms with Crippen molar-refractivity contribution in [2.45, 2.75) is 0 Å². The molecular weight excluding hydrogens is 182 g/mol. The highest BCUT2D eigenvalue weighted by Crippen LogP contribution is 2.22. The fourth-order valence-corrected chi connectivity index (χ4v) is 2.27. The first-order valence-electron chi connectivity index (χ1n) is 2.87. The maximum Gasteiger partial charge on any atom is 0.337 e. The summed E-state index contributed by atoms with van der Waals surface area (Å²) in [6, 6.07) is 3.55. The molecule has 0 aromatic carbocycles. The molecule has 2 rings (SSSR count). The van der Waals surface area contributed by atoms with Crippen molar-refractivity contribution < 1.29 is 4.42 Å². The molecule has 0 saturated heterocycles. The van der Waals surface area contributed by atoms with Gasteiger partial charge in [0.05, 0.1) is 6.26 Å². The van der Waals surface area contributed by atoms with E-state index >= 15 is 0 Å². The minimum Gasteiger partial charge on any atom is -0.462 e. The van der Waals surface area contributed by atoms with Gasteiger partial charge in [-0.3, -0.25) is 4.79 Å². The highest BCUT2D eigenvalue weighted by molar-refractivity contribution is 7.69. The van der Waals surface area contributed by atoms with Crippen LogP contribution < -0.4 is 4.87 Å². The van der Waals surface area contributed by atoms with Crippen LogP contribution in [-0.2, 0) is 0 Å². The second kappa shape index (κ2) is 2.60. The Kier molecular flexibility index (Phi) is 1.59. The van der Waals surface area contributed by atoms with Crippen LogP contribution in [0, 0.1) is 0 Å². The summed E-state index contributed by atoms with van der Waals surface area (Å²) < 4.78 is 5.05. The maximum absolute atomic E-state index is 10.7. The summed E-state index contributed by atoms with van der Waals surface area (Å²) in [5, 5.41) is 0.657. The van der Waals surface area contributed by atoms with E-state index in [2.05, 4.69) is 4.98 Å². The van der Waals surface area contributed by atoms with Crippen LogP contribution in [0.25, 0.3) is 10.8 Å². The maximum atomic E-state index is 10.7. The zero-order valence-electron chi connectivity index (χ0n) is 5.31. The van der Waals surface area contributed by atoms with Gasteiger partial charge in [0.15, 0.2) is 10.8 Å². The van der Waals surface area contributed by atoms with Crippen LogP contribution in [0.2, 0.25) is 0 Å². The van der Waals surface area contributed by atoms with Crippen LogP contribution in [-0.4, -0.2) is 4.98 Å². The van der Waals surface area contributed by atoms with E-state index in [1.165, 1.54) is 10.3 Å². The molecule has 0 aliphatic carbocycles. The van der Waals surface area contributed by atoms with Gasteiger partial charge in [-0.25, -0.2) is 0 Å². The highest BCUT2D eigenvalue weighted by Gasteiger charge is 2.04. The molecule has 11 heavy (non-hydrogen) atoms. The zero-order valence-corrected chi connectivity index (χ0v) is 6.95. The van der Waals surface area contributed by atoms with Crippen LogP contribution in [0.3, 0.4) is 0 Å². The SMILES string of the molecule is O=c1nc(-c2ccco2)ss1. The van der Waals surface area contributed by atoms with Gasteiger partial charge < -0.3 is 4.42 Å². The van der Waals surface area contributed by atoms with Gasteiger partial charge in [0.25, 0.3) is 0 Å². The Morgan fingerprint density at radius 2 is 2.36 bits per heavy atom. The van der Waals surface area contributed by atoms with Crippen molar-refractivity contribution in [3.8, 4) is 10.8 Å². The molecule has 2 aromatic heterocycles. The van der Waals surface area contributed by atoms with Crippen molar-refractivity contribution in [3.05, 3.63) is 28.1 Å². The molecule has 5 heteroatoms. The van der Waals surface area contributed by atoms with Crippen molar-refractivity contribution >= 4 is 20.7 Å². The summed E-state index contributed by atoms with van der Waals surface area (Å²) in [6.07, 6.45) is 1.56. The van der Waals surface area contributed by atoms with Crippen LogP contribution in [0.15, 0.2) is 27.6 Å². The minimum absolute atomic E-state index is 0.165. The lowest BCUT2D eigenvalue weighted by atomic mass is 10.5. The molecule has 0 unspecified atom stereocenters. The molecule has 0 fully saturated rings. The van der Waals surface area contributed by atoms with Gasteiger partial charge in [0, 0.05) is 0 Å². The first-order chi connectivity index (χ1) is 5.36. The quantitative estimate of drug-likeness (QED) is 0.636. The molecular formula is C6H3NO2S2. The van der Waals surface area contributed by atoms with Gasteiger partial charge in [-0.2, -0.15) is 4.98 Å². The number of furan rings is 1. The van der Waals surface area contributed by atoms with Crippen molar-refractivity contribution in [2.75, 3.05) is 0 Å². The minimum atomic E-state index is -0.165. The highest BCUT2D eigenvalue weighted by atomic mass is 32.9. The first-order valence-corrected chi connectivity index (χ1v) is 5.02. The number of aromatic nitrogens is 1. The van der Waals surface area contributed by atoms with E-state index in [9.17, 15) is 4.79 Å². The van der Waals surface area contributed by atoms with Crippen molar-refractivity contribution in [3.63, 3.8) is 0 Å². The molecule has 0 aliphatic heterocycles. The third-order valence-electron chi connectivity index (χ3n) is 1.12. The summed E-state index contributed by atoms with van der Waals surface area (Å²) in [5.74, 6) is 0.661. The molecule has 0 atom stereocenters. The number of nitrogens with zero attached hydrogens (tertiary/aromatic N) is 1. The average Bonchev–Trinajstić information content (AvgIpc) is 2.55. The largest absolute Gasteiger partial charge is 0.462 e. The van der Waals surface area contributed by atoms with E-state index in [4.69, 9.17) is 4.42 Å². The van der Waals surface area contributed by atoms with E-state index in [1.54, 1.807) is 18.4 Å². The lowest BCUT2D eigenvalue weighted by Gasteiger charge is -1.82. The average molecular weight is 185 g/mol. The Hall–Kier alpha value is -0.940. The lowest BCUT2D eigenvalue weighted by molar-refractivity contribution is 0.581. The Labute approximate surface area is 69.3 Å². The fraction of sp³-hybridized carbons (Fsp3) is 0. The molecule has 2 heterocycles. The van der Waals surface area contributed by atoms with Crippen LogP contribution >= 0.6 is 20.7 Å². The normalized spacial score (nSPS) is 10.2. The lowest BCUT2D eigenvalue weighted by Crippen LogP contribution is -1.91. The van der Waals surface area contributed by atoms with E-state index < -0.39 is 0 Å². The third kappa shape index (κ3) is 1.24. The van der Waals surface area contributed by atoms with Gasteiger partial charge in [-0.15, -0.1) is 0 Å². The predicted molar refractivity (Wildman–Crippen MR) is 44.0 cm³/mol. The number of hydrogen-bond acceptors (Lipinski definition) is 5. The molecule has 0 spiro atoms. The Bertz CT molecular complexity index is 387. The predicted octanol–water partition coefficient (Wildman–Crippen LogP) is 1.82. The second-order valence-electron chi connectivity index (χ2n) is 1.83. The van der Waals surface area contributed by atoms with E-state index in [0.717, 1.165) is 10.3 Å². The molecule has 3 nitrogen and oxygen atoms in total. The fourth-order valence-electron chi connectivity index (χ4n) is 0.692. The topological polar surface area (TPSA) is 43.1 Å².